The van der Waals surface area contributed by atoms with Gasteiger partial charge in [0.05, 0.1) is 12.1 Å². The highest BCUT2D eigenvalue weighted by Gasteiger charge is 2.02. The molecule has 3 aromatic rings. The van der Waals surface area contributed by atoms with Crippen LogP contribution in [0.3, 0.4) is 0 Å². The van der Waals surface area contributed by atoms with Gasteiger partial charge in [-0.05, 0) is 49.2 Å². The molecule has 0 radical (unpaired) electrons. The van der Waals surface area contributed by atoms with Crippen LogP contribution < -0.4 is 16.0 Å². The summed E-state index contributed by atoms with van der Waals surface area (Å²) in [5, 5.41) is 18.7. The van der Waals surface area contributed by atoms with E-state index in [0.29, 0.717) is 0 Å². The lowest BCUT2D eigenvalue weighted by molar-refractivity contribution is -0.136. The van der Waals surface area contributed by atoms with Crippen molar-refractivity contribution >= 4 is 17.5 Å². The standard InChI is InChI=1S/C19H26N4O2.C6H6/c1-20-19-17(7-3-10-23-19)22-11-4-9-21-12-8-15-5-2-6-16(13-15)14-18(24)25;1-2-4-6-5-3-1/h2-3,5-7,10,13,21-22H,4,8-9,11-12,14H2,1H3,(H,20,23)(H,24,25);1-6H. The first-order chi connectivity index (χ1) is 15.2. The van der Waals surface area contributed by atoms with Crippen molar-refractivity contribution in [2.45, 2.75) is 19.3 Å². The van der Waals surface area contributed by atoms with E-state index in [1.165, 1.54) is 5.56 Å². The number of hydrogen-bond donors (Lipinski definition) is 4. The molecule has 3 rings (SSSR count). The molecule has 0 spiro atoms. The molecule has 1 heterocycles. The third-order valence-corrected chi connectivity index (χ3v) is 4.49. The number of aromatic nitrogens is 1. The number of carboxylic acid groups (broad SMARTS) is 1. The average Bonchev–Trinajstić information content (AvgIpc) is 2.80. The Hall–Kier alpha value is -3.38. The number of anilines is 2. The lowest BCUT2D eigenvalue weighted by Gasteiger charge is -2.11. The smallest absolute Gasteiger partial charge is 0.307 e. The van der Waals surface area contributed by atoms with Crippen LogP contribution in [0.4, 0.5) is 11.5 Å². The van der Waals surface area contributed by atoms with E-state index in [1.54, 1.807) is 6.20 Å². The molecule has 6 heteroatoms. The maximum atomic E-state index is 10.8. The molecular weight excluding hydrogens is 388 g/mol. The third kappa shape index (κ3) is 10.3. The van der Waals surface area contributed by atoms with Crippen LogP contribution in [0, 0.1) is 0 Å². The minimum absolute atomic E-state index is 0.0793. The van der Waals surface area contributed by atoms with Crippen molar-refractivity contribution in [2.24, 2.45) is 0 Å². The number of rotatable bonds is 11. The molecule has 2 aromatic carbocycles. The maximum absolute atomic E-state index is 10.8. The van der Waals surface area contributed by atoms with Gasteiger partial charge in [0.2, 0.25) is 0 Å². The number of benzene rings is 2. The van der Waals surface area contributed by atoms with Gasteiger partial charge in [-0.3, -0.25) is 4.79 Å². The third-order valence-electron chi connectivity index (χ3n) is 4.49. The summed E-state index contributed by atoms with van der Waals surface area (Å²) in [6, 6.07) is 23.7. The molecule has 0 aliphatic heterocycles. The van der Waals surface area contributed by atoms with E-state index in [-0.39, 0.29) is 6.42 Å². The van der Waals surface area contributed by atoms with Crippen molar-refractivity contribution in [1.29, 1.82) is 0 Å². The number of nitrogens with zero attached hydrogens (tertiary/aromatic N) is 1. The minimum Gasteiger partial charge on any atom is -0.481 e. The summed E-state index contributed by atoms with van der Waals surface area (Å²) in [6.45, 7) is 2.68. The van der Waals surface area contributed by atoms with Crippen LogP contribution in [-0.2, 0) is 17.6 Å². The second-order valence-corrected chi connectivity index (χ2v) is 6.98. The fourth-order valence-electron chi connectivity index (χ4n) is 3.00. The van der Waals surface area contributed by atoms with Crippen molar-refractivity contribution in [3.05, 3.63) is 90.1 Å². The van der Waals surface area contributed by atoms with E-state index in [0.717, 1.165) is 49.5 Å². The molecule has 164 valence electrons. The van der Waals surface area contributed by atoms with Gasteiger partial charge < -0.3 is 21.1 Å². The van der Waals surface area contributed by atoms with Crippen LogP contribution in [0.25, 0.3) is 0 Å². The van der Waals surface area contributed by atoms with E-state index in [9.17, 15) is 4.79 Å². The quantitative estimate of drug-likeness (QED) is 0.350. The highest BCUT2D eigenvalue weighted by Crippen LogP contribution is 2.16. The van der Waals surface area contributed by atoms with Crippen molar-refractivity contribution < 1.29 is 9.90 Å². The first kappa shape index (κ1) is 23.9. The second-order valence-electron chi connectivity index (χ2n) is 6.98. The number of nitrogens with one attached hydrogen (secondary N) is 3. The summed E-state index contributed by atoms with van der Waals surface area (Å²) < 4.78 is 0. The summed E-state index contributed by atoms with van der Waals surface area (Å²) in [7, 11) is 1.86. The van der Waals surface area contributed by atoms with E-state index in [2.05, 4.69) is 20.9 Å². The Morgan fingerprint density at radius 1 is 0.903 bits per heavy atom. The predicted octanol–water partition coefficient (Wildman–Crippen LogP) is 4.07. The summed E-state index contributed by atoms with van der Waals surface area (Å²) in [5.74, 6) is 0.0644. The number of carbonyl (C=O) groups is 1. The van der Waals surface area contributed by atoms with Crippen molar-refractivity contribution in [1.82, 2.24) is 10.3 Å². The van der Waals surface area contributed by atoms with Crippen molar-refractivity contribution in [3.8, 4) is 0 Å². The van der Waals surface area contributed by atoms with Crippen LogP contribution in [0.15, 0.2) is 79.0 Å². The minimum atomic E-state index is -0.794. The number of hydrogen-bond acceptors (Lipinski definition) is 5. The molecule has 6 nitrogen and oxygen atoms in total. The summed E-state index contributed by atoms with van der Waals surface area (Å²) in [4.78, 5) is 15.0. The summed E-state index contributed by atoms with van der Waals surface area (Å²) in [6.07, 6.45) is 3.75. The van der Waals surface area contributed by atoms with Gasteiger partial charge >= 0.3 is 5.97 Å². The zero-order chi connectivity index (χ0) is 22.2. The zero-order valence-corrected chi connectivity index (χ0v) is 18.1. The molecule has 31 heavy (non-hydrogen) atoms. The number of pyridine rings is 1. The molecule has 4 N–H and O–H groups in total. The fraction of sp³-hybridized carbons (Fsp3) is 0.280. The SMILES string of the molecule is CNc1ncccc1NCCCNCCc1cccc(CC(=O)O)c1.c1ccccc1. The van der Waals surface area contributed by atoms with E-state index in [1.807, 2.05) is 79.8 Å². The Bertz CT molecular complexity index is 861. The monoisotopic (exact) mass is 420 g/mol. The topological polar surface area (TPSA) is 86.3 Å². The van der Waals surface area contributed by atoms with Gasteiger partial charge in [0.25, 0.3) is 0 Å². The Kier molecular flexibility index (Phi) is 11.2. The summed E-state index contributed by atoms with van der Waals surface area (Å²) in [5.41, 5.74) is 3.03. The Labute approximate surface area is 184 Å². The lowest BCUT2D eigenvalue weighted by atomic mass is 10.1. The Balaban J connectivity index is 0.000000488. The van der Waals surface area contributed by atoms with Gasteiger partial charge in [-0.25, -0.2) is 4.98 Å². The van der Waals surface area contributed by atoms with Crippen molar-refractivity contribution in [2.75, 3.05) is 37.3 Å². The van der Waals surface area contributed by atoms with E-state index in [4.69, 9.17) is 5.11 Å². The molecule has 0 aliphatic rings. The van der Waals surface area contributed by atoms with Gasteiger partial charge in [-0.1, -0.05) is 60.7 Å². The summed E-state index contributed by atoms with van der Waals surface area (Å²) >= 11 is 0. The highest BCUT2D eigenvalue weighted by molar-refractivity contribution is 5.70. The molecular formula is C25H32N4O2. The first-order valence-corrected chi connectivity index (χ1v) is 10.6. The molecule has 0 saturated heterocycles. The van der Waals surface area contributed by atoms with Gasteiger partial charge in [0, 0.05) is 19.8 Å². The Morgan fingerprint density at radius 2 is 1.61 bits per heavy atom. The predicted molar refractivity (Wildman–Crippen MR) is 128 cm³/mol. The maximum Gasteiger partial charge on any atom is 0.307 e. The molecule has 1 aromatic heterocycles. The van der Waals surface area contributed by atoms with Crippen LogP contribution in [-0.4, -0.2) is 42.7 Å². The van der Waals surface area contributed by atoms with E-state index >= 15 is 0 Å². The molecule has 0 bridgehead atoms. The fourth-order valence-corrected chi connectivity index (χ4v) is 3.00. The largest absolute Gasteiger partial charge is 0.481 e. The lowest BCUT2D eigenvalue weighted by Crippen LogP contribution is -2.21. The molecule has 0 atom stereocenters. The Morgan fingerprint density at radius 3 is 2.29 bits per heavy atom. The molecule has 0 saturated carbocycles. The number of aliphatic carboxylic acids is 1. The van der Waals surface area contributed by atoms with E-state index < -0.39 is 5.97 Å². The molecule has 0 unspecified atom stereocenters. The first-order valence-electron chi connectivity index (χ1n) is 10.6. The number of carboxylic acids is 1. The van der Waals surface area contributed by atoms with Gasteiger partial charge in [0.15, 0.2) is 0 Å². The van der Waals surface area contributed by atoms with Gasteiger partial charge in [-0.15, -0.1) is 0 Å². The van der Waals surface area contributed by atoms with Gasteiger partial charge in [0.1, 0.15) is 5.82 Å². The zero-order valence-electron chi connectivity index (χ0n) is 18.1. The average molecular weight is 421 g/mol. The van der Waals surface area contributed by atoms with Crippen LogP contribution in [0.5, 0.6) is 0 Å². The molecule has 0 amide bonds. The van der Waals surface area contributed by atoms with Crippen LogP contribution >= 0.6 is 0 Å². The van der Waals surface area contributed by atoms with Crippen molar-refractivity contribution in [3.63, 3.8) is 0 Å². The second kappa shape index (κ2) is 14.6. The van der Waals surface area contributed by atoms with Crippen LogP contribution in [0.1, 0.15) is 17.5 Å². The highest BCUT2D eigenvalue weighted by atomic mass is 16.4. The molecule has 0 aliphatic carbocycles. The van der Waals surface area contributed by atoms with Crippen LogP contribution in [0.2, 0.25) is 0 Å². The molecule has 0 fully saturated rings. The normalized spacial score (nSPS) is 9.97. The van der Waals surface area contributed by atoms with Gasteiger partial charge in [-0.2, -0.15) is 0 Å².